The first-order chi connectivity index (χ1) is 14.9. The first kappa shape index (κ1) is 21.9. The van der Waals surface area contributed by atoms with Crippen molar-refractivity contribution >= 4 is 17.3 Å². The fraction of sp³-hybridized carbons (Fsp3) is 0.519. The summed E-state index contributed by atoms with van der Waals surface area (Å²) in [6, 6.07) is 16.6. The maximum atomic E-state index is 12.4. The number of fused-ring (bicyclic) bond motifs is 2. The maximum Gasteiger partial charge on any atom is 0.224 e. The van der Waals surface area contributed by atoms with Crippen molar-refractivity contribution in [1.82, 2.24) is 0 Å². The Bertz CT molecular complexity index is 857. The van der Waals surface area contributed by atoms with E-state index in [1.165, 1.54) is 37.7 Å². The molecular weight excluding hydrogens is 384 g/mol. The predicted octanol–water partition coefficient (Wildman–Crippen LogP) is 6.34. The Hall–Kier alpha value is -2.33. The Kier molecular flexibility index (Phi) is 6.66. The predicted molar refractivity (Wildman–Crippen MR) is 127 cm³/mol. The number of carbonyl (C=O) groups is 1. The van der Waals surface area contributed by atoms with Crippen LogP contribution in [0, 0.1) is 17.8 Å². The van der Waals surface area contributed by atoms with Crippen LogP contribution in [0.25, 0.3) is 0 Å². The standard InChI is InChI=1S/C27H36N2O2/c1-19-14-21-16-22(15-19)18-27(2,17-21)23-7-11-24(12-8-23)28-26(30)13-6-20-4-9-25(10-5-20)29-31-3/h4-5,7-12,19,21-22,29H,6,13-18H2,1-3H3,(H,28,30). The van der Waals surface area contributed by atoms with Crippen molar-refractivity contribution in [2.75, 3.05) is 17.9 Å². The van der Waals surface area contributed by atoms with Gasteiger partial charge in [0.1, 0.15) is 0 Å². The van der Waals surface area contributed by atoms with E-state index in [4.69, 9.17) is 4.84 Å². The molecule has 2 aromatic carbocycles. The average Bonchev–Trinajstić information content (AvgIpc) is 2.73. The number of hydrogen-bond donors (Lipinski definition) is 2. The number of amides is 1. The van der Waals surface area contributed by atoms with Gasteiger partial charge in [0.15, 0.2) is 0 Å². The Morgan fingerprint density at radius 3 is 2.19 bits per heavy atom. The summed E-state index contributed by atoms with van der Waals surface area (Å²) in [5.74, 6) is 2.71. The molecule has 4 rings (SSSR count). The highest BCUT2D eigenvalue weighted by Gasteiger charge is 2.41. The van der Waals surface area contributed by atoms with Gasteiger partial charge >= 0.3 is 0 Å². The lowest BCUT2D eigenvalue weighted by Gasteiger charge is -2.47. The summed E-state index contributed by atoms with van der Waals surface area (Å²) in [5.41, 5.74) is 7.43. The summed E-state index contributed by atoms with van der Waals surface area (Å²) in [4.78, 5) is 17.3. The minimum absolute atomic E-state index is 0.0549. The summed E-state index contributed by atoms with van der Waals surface area (Å²) in [7, 11) is 1.59. The Balaban J connectivity index is 1.30. The van der Waals surface area contributed by atoms with E-state index in [2.05, 4.69) is 48.9 Å². The third-order valence-corrected chi connectivity index (χ3v) is 7.30. The molecule has 2 N–H and O–H groups in total. The van der Waals surface area contributed by atoms with E-state index < -0.39 is 0 Å². The maximum absolute atomic E-state index is 12.4. The third kappa shape index (κ3) is 5.48. The van der Waals surface area contributed by atoms with E-state index in [0.29, 0.717) is 6.42 Å². The van der Waals surface area contributed by atoms with Crippen molar-refractivity contribution in [1.29, 1.82) is 0 Å². The highest BCUT2D eigenvalue weighted by Crippen LogP contribution is 2.51. The summed E-state index contributed by atoms with van der Waals surface area (Å²) >= 11 is 0. The molecule has 2 aliphatic carbocycles. The van der Waals surface area contributed by atoms with Crippen molar-refractivity contribution in [3.8, 4) is 0 Å². The molecule has 0 aromatic heterocycles. The summed E-state index contributed by atoms with van der Waals surface area (Å²) in [6.45, 7) is 4.87. The number of benzene rings is 2. The zero-order chi connectivity index (χ0) is 21.8. The second kappa shape index (κ2) is 9.44. The van der Waals surface area contributed by atoms with Crippen molar-refractivity contribution < 1.29 is 9.63 Å². The Morgan fingerprint density at radius 2 is 1.58 bits per heavy atom. The molecule has 2 aliphatic rings. The Labute approximate surface area is 186 Å². The van der Waals surface area contributed by atoms with Gasteiger partial charge in [-0.25, -0.2) is 0 Å². The number of rotatable bonds is 7. The van der Waals surface area contributed by atoms with Gasteiger partial charge in [-0.2, -0.15) is 0 Å². The Morgan fingerprint density at radius 1 is 0.968 bits per heavy atom. The van der Waals surface area contributed by atoms with Crippen LogP contribution in [0.15, 0.2) is 48.5 Å². The number of nitrogens with one attached hydrogen (secondary N) is 2. The molecule has 0 heterocycles. The molecule has 2 saturated carbocycles. The zero-order valence-electron chi connectivity index (χ0n) is 19.1. The van der Waals surface area contributed by atoms with E-state index in [1.54, 1.807) is 7.11 Å². The van der Waals surface area contributed by atoms with Crippen LogP contribution in [0.2, 0.25) is 0 Å². The topological polar surface area (TPSA) is 50.4 Å². The molecule has 1 amide bonds. The first-order valence-corrected chi connectivity index (χ1v) is 11.7. The van der Waals surface area contributed by atoms with E-state index in [-0.39, 0.29) is 11.3 Å². The molecule has 4 heteroatoms. The lowest BCUT2D eigenvalue weighted by Crippen LogP contribution is -2.38. The van der Waals surface area contributed by atoms with Gasteiger partial charge in [-0.05, 0) is 97.1 Å². The minimum Gasteiger partial charge on any atom is -0.326 e. The van der Waals surface area contributed by atoms with Gasteiger partial charge in [-0.15, -0.1) is 0 Å². The fourth-order valence-corrected chi connectivity index (χ4v) is 6.12. The average molecular weight is 421 g/mol. The molecule has 31 heavy (non-hydrogen) atoms. The number of hydrogen-bond acceptors (Lipinski definition) is 3. The zero-order valence-corrected chi connectivity index (χ0v) is 19.1. The SMILES string of the molecule is CONc1ccc(CCC(=O)Nc2ccc(C3(C)CC4CC(C)CC(C4)C3)cc2)cc1. The second-order valence-corrected chi connectivity index (χ2v) is 10.1. The van der Waals surface area contributed by atoms with Crippen molar-refractivity contribution in [3.05, 3.63) is 59.7 Å². The quantitative estimate of drug-likeness (QED) is 0.514. The van der Waals surface area contributed by atoms with Gasteiger partial charge in [-0.1, -0.05) is 38.1 Å². The highest BCUT2D eigenvalue weighted by atomic mass is 16.6. The van der Waals surface area contributed by atoms with E-state index >= 15 is 0 Å². The van der Waals surface area contributed by atoms with Gasteiger partial charge in [0.2, 0.25) is 5.91 Å². The summed E-state index contributed by atoms with van der Waals surface area (Å²) in [6.07, 6.45) is 8.02. The molecule has 2 aromatic rings. The molecule has 2 unspecified atom stereocenters. The van der Waals surface area contributed by atoms with Crippen LogP contribution >= 0.6 is 0 Å². The van der Waals surface area contributed by atoms with Crippen molar-refractivity contribution in [2.24, 2.45) is 17.8 Å². The molecule has 0 aliphatic heterocycles. The van der Waals surface area contributed by atoms with Gasteiger partial charge in [0, 0.05) is 12.1 Å². The van der Waals surface area contributed by atoms with Crippen molar-refractivity contribution in [3.63, 3.8) is 0 Å². The molecule has 0 saturated heterocycles. The minimum atomic E-state index is 0.0549. The van der Waals surface area contributed by atoms with Crippen molar-refractivity contribution in [2.45, 2.75) is 64.2 Å². The first-order valence-electron chi connectivity index (χ1n) is 11.7. The third-order valence-electron chi connectivity index (χ3n) is 7.30. The highest BCUT2D eigenvalue weighted by molar-refractivity contribution is 5.90. The monoisotopic (exact) mass is 420 g/mol. The van der Waals surface area contributed by atoms with E-state index in [9.17, 15) is 4.79 Å². The number of anilines is 2. The molecule has 0 spiro atoms. The molecule has 166 valence electrons. The second-order valence-electron chi connectivity index (χ2n) is 10.1. The van der Waals surface area contributed by atoms with Crippen LogP contribution in [0.4, 0.5) is 11.4 Å². The normalized spacial score (nSPS) is 27.5. The van der Waals surface area contributed by atoms with Gasteiger partial charge in [0.25, 0.3) is 0 Å². The van der Waals surface area contributed by atoms with Crippen LogP contribution < -0.4 is 10.8 Å². The van der Waals surface area contributed by atoms with E-state index in [0.717, 1.165) is 41.1 Å². The van der Waals surface area contributed by atoms with Gasteiger partial charge in [-0.3, -0.25) is 15.1 Å². The van der Waals surface area contributed by atoms with Crippen LogP contribution in [0.5, 0.6) is 0 Å². The number of carbonyl (C=O) groups excluding carboxylic acids is 1. The molecule has 2 fully saturated rings. The van der Waals surface area contributed by atoms with Gasteiger partial charge in [0.05, 0.1) is 12.8 Å². The summed E-state index contributed by atoms with van der Waals surface area (Å²) in [5, 5.41) is 3.06. The molecule has 2 atom stereocenters. The van der Waals surface area contributed by atoms with Crippen LogP contribution in [0.1, 0.15) is 63.5 Å². The largest absolute Gasteiger partial charge is 0.326 e. The lowest BCUT2D eigenvalue weighted by molar-refractivity contribution is -0.116. The van der Waals surface area contributed by atoms with Crippen LogP contribution in [0.3, 0.4) is 0 Å². The number of aryl methyl sites for hydroxylation is 1. The van der Waals surface area contributed by atoms with Crippen LogP contribution in [-0.2, 0) is 21.5 Å². The van der Waals surface area contributed by atoms with Crippen LogP contribution in [-0.4, -0.2) is 13.0 Å². The van der Waals surface area contributed by atoms with Gasteiger partial charge < -0.3 is 5.32 Å². The molecule has 2 bridgehead atoms. The molecule has 0 radical (unpaired) electrons. The lowest BCUT2D eigenvalue weighted by atomic mass is 9.57. The smallest absolute Gasteiger partial charge is 0.224 e. The molecule has 4 nitrogen and oxygen atoms in total. The molecular formula is C27H36N2O2. The van der Waals surface area contributed by atoms with E-state index in [1.807, 2.05) is 24.3 Å². The fourth-order valence-electron chi connectivity index (χ4n) is 6.12. The summed E-state index contributed by atoms with van der Waals surface area (Å²) < 4.78 is 0.